The molecule has 0 saturated heterocycles. The molecule has 0 amide bonds. The van der Waals surface area contributed by atoms with Crippen molar-refractivity contribution in [1.29, 1.82) is 0 Å². The van der Waals surface area contributed by atoms with E-state index >= 15 is 0 Å². The number of carbonyl (C=O) groups is 1. The number of methoxy groups -OCH3 is 1. The van der Waals surface area contributed by atoms with Crippen molar-refractivity contribution in [2.45, 2.75) is 12.6 Å². The third-order valence-corrected chi connectivity index (χ3v) is 5.27. The number of alkyl halides is 3. The van der Waals surface area contributed by atoms with Crippen LogP contribution >= 0.6 is 27.3 Å². The molecule has 0 aliphatic carbocycles. The Bertz CT molecular complexity index is 1050. The highest BCUT2D eigenvalue weighted by molar-refractivity contribution is 9.10. The molecule has 156 valence electrons. The Morgan fingerprint density at radius 1 is 1.17 bits per heavy atom. The fourth-order valence-electron chi connectivity index (χ4n) is 2.43. The third kappa shape index (κ3) is 5.67. The van der Waals surface area contributed by atoms with E-state index in [1.54, 1.807) is 48.9 Å². The van der Waals surface area contributed by atoms with Crippen LogP contribution in [0.15, 0.2) is 63.5 Å². The first kappa shape index (κ1) is 22.0. The predicted octanol–water partition coefficient (Wildman–Crippen LogP) is 6.18. The third-order valence-electron chi connectivity index (χ3n) is 4.00. The lowest BCUT2D eigenvalue weighted by Crippen LogP contribution is -2.27. The molecule has 5 nitrogen and oxygen atoms in total. The standard InChI is InChI=1S/C20H15BrF3N3O2S/c1-29-15-8-4-12(5-9-15)16-11-30-19(25-16)27-26-18(20(22,23)24)10-17(28)13-2-6-14(21)7-3-13/h2-9,11H,10H2,1H3,(H,25,27). The Balaban J connectivity index is 1.74. The van der Waals surface area contributed by atoms with Gasteiger partial charge in [-0.15, -0.1) is 11.3 Å². The smallest absolute Gasteiger partial charge is 0.431 e. The van der Waals surface area contributed by atoms with E-state index in [0.717, 1.165) is 21.4 Å². The van der Waals surface area contributed by atoms with Crippen LogP contribution in [-0.4, -0.2) is 29.8 Å². The summed E-state index contributed by atoms with van der Waals surface area (Å²) in [5.41, 5.74) is 2.63. The normalized spacial score (nSPS) is 12.0. The second-order valence-corrected chi connectivity index (χ2v) is 7.82. The van der Waals surface area contributed by atoms with Crippen LogP contribution in [0.25, 0.3) is 11.3 Å². The number of rotatable bonds is 7. The molecule has 0 bridgehead atoms. The van der Waals surface area contributed by atoms with E-state index in [1.807, 2.05) is 0 Å². The van der Waals surface area contributed by atoms with Crippen LogP contribution in [0.5, 0.6) is 5.75 Å². The zero-order chi connectivity index (χ0) is 21.7. The summed E-state index contributed by atoms with van der Waals surface area (Å²) in [6, 6.07) is 13.2. The monoisotopic (exact) mass is 497 g/mol. The van der Waals surface area contributed by atoms with Gasteiger partial charge in [0.2, 0.25) is 5.13 Å². The number of nitrogens with one attached hydrogen (secondary N) is 1. The van der Waals surface area contributed by atoms with Crippen LogP contribution < -0.4 is 10.2 Å². The minimum absolute atomic E-state index is 0.172. The van der Waals surface area contributed by atoms with Gasteiger partial charge in [-0.25, -0.2) is 4.98 Å². The summed E-state index contributed by atoms with van der Waals surface area (Å²) in [5, 5.41) is 5.30. The van der Waals surface area contributed by atoms with Gasteiger partial charge in [-0.2, -0.15) is 18.3 Å². The van der Waals surface area contributed by atoms with Gasteiger partial charge in [-0.05, 0) is 36.4 Å². The maximum absolute atomic E-state index is 13.3. The second kappa shape index (κ2) is 9.40. The highest BCUT2D eigenvalue weighted by Crippen LogP contribution is 2.27. The Morgan fingerprint density at radius 3 is 2.43 bits per heavy atom. The van der Waals surface area contributed by atoms with E-state index in [4.69, 9.17) is 4.74 Å². The first-order chi connectivity index (χ1) is 14.3. The lowest BCUT2D eigenvalue weighted by atomic mass is 10.1. The zero-order valence-corrected chi connectivity index (χ0v) is 17.9. The highest BCUT2D eigenvalue weighted by atomic mass is 79.9. The van der Waals surface area contributed by atoms with Gasteiger partial charge in [0, 0.05) is 21.0 Å². The van der Waals surface area contributed by atoms with Crippen molar-refractivity contribution >= 4 is 43.9 Å². The van der Waals surface area contributed by atoms with Gasteiger partial charge in [-0.3, -0.25) is 10.2 Å². The fourth-order valence-corrected chi connectivity index (χ4v) is 3.35. The maximum Gasteiger partial charge on any atom is 0.431 e. The fraction of sp³-hybridized carbons (Fsp3) is 0.150. The largest absolute Gasteiger partial charge is 0.497 e. The summed E-state index contributed by atoms with van der Waals surface area (Å²) in [4.78, 5) is 16.5. The zero-order valence-electron chi connectivity index (χ0n) is 15.5. The molecular formula is C20H15BrF3N3O2S. The van der Waals surface area contributed by atoms with Gasteiger partial charge < -0.3 is 4.74 Å². The van der Waals surface area contributed by atoms with Gasteiger partial charge >= 0.3 is 6.18 Å². The second-order valence-electron chi connectivity index (χ2n) is 6.04. The predicted molar refractivity (Wildman–Crippen MR) is 114 cm³/mol. The van der Waals surface area contributed by atoms with Gasteiger partial charge in [0.05, 0.1) is 19.2 Å². The molecule has 2 aromatic carbocycles. The molecule has 0 radical (unpaired) electrons. The average molecular weight is 498 g/mol. The van der Waals surface area contributed by atoms with E-state index in [2.05, 4.69) is 31.4 Å². The van der Waals surface area contributed by atoms with Crippen molar-refractivity contribution < 1.29 is 22.7 Å². The van der Waals surface area contributed by atoms with E-state index < -0.39 is 24.1 Å². The van der Waals surface area contributed by atoms with E-state index in [9.17, 15) is 18.0 Å². The number of hydrazone groups is 1. The number of ether oxygens (including phenoxy) is 1. The van der Waals surface area contributed by atoms with Crippen molar-refractivity contribution in [2.75, 3.05) is 12.5 Å². The quantitative estimate of drug-likeness (QED) is 0.240. The summed E-state index contributed by atoms with van der Waals surface area (Å²) in [7, 11) is 1.55. The van der Waals surface area contributed by atoms with Gasteiger partial charge in [0.25, 0.3) is 0 Å². The van der Waals surface area contributed by atoms with Crippen LogP contribution in [0.2, 0.25) is 0 Å². The summed E-state index contributed by atoms with van der Waals surface area (Å²) in [6.45, 7) is 0. The van der Waals surface area contributed by atoms with Crippen molar-refractivity contribution in [3.05, 3.63) is 63.9 Å². The van der Waals surface area contributed by atoms with Crippen LogP contribution in [0.4, 0.5) is 18.3 Å². The molecule has 0 aliphatic heterocycles. The summed E-state index contributed by atoms with van der Waals surface area (Å²) >= 11 is 4.32. The molecule has 30 heavy (non-hydrogen) atoms. The topological polar surface area (TPSA) is 63.6 Å². The van der Waals surface area contributed by atoms with E-state index in [0.29, 0.717) is 11.4 Å². The number of nitrogens with zero attached hydrogens (tertiary/aromatic N) is 2. The Hall–Kier alpha value is -2.72. The molecule has 0 atom stereocenters. The number of thiazole rings is 1. The molecule has 0 unspecified atom stereocenters. The van der Waals surface area contributed by atoms with Crippen molar-refractivity contribution in [2.24, 2.45) is 5.10 Å². The van der Waals surface area contributed by atoms with Crippen LogP contribution in [0.1, 0.15) is 16.8 Å². The molecule has 0 aliphatic rings. The number of halogens is 4. The minimum Gasteiger partial charge on any atom is -0.497 e. The maximum atomic E-state index is 13.3. The Labute approximate surface area is 182 Å². The molecule has 1 aromatic heterocycles. The summed E-state index contributed by atoms with van der Waals surface area (Å²) in [5.74, 6) is 0.000578. The first-order valence-electron chi connectivity index (χ1n) is 8.55. The number of hydrogen-bond acceptors (Lipinski definition) is 6. The number of Topliss-reactive ketones (excluding diaryl/α,β-unsaturated/α-hetero) is 1. The molecule has 3 aromatic rings. The number of aromatic nitrogens is 1. The summed E-state index contributed by atoms with van der Waals surface area (Å²) < 4.78 is 45.9. The van der Waals surface area contributed by atoms with Gasteiger partial charge in [0.15, 0.2) is 5.78 Å². The molecule has 0 spiro atoms. The summed E-state index contributed by atoms with van der Waals surface area (Å²) in [6.07, 6.45) is -5.64. The van der Waals surface area contributed by atoms with Crippen LogP contribution in [0, 0.1) is 0 Å². The molecule has 0 fully saturated rings. The van der Waals surface area contributed by atoms with Gasteiger partial charge in [-0.1, -0.05) is 28.1 Å². The first-order valence-corrected chi connectivity index (χ1v) is 10.2. The molecule has 0 saturated carbocycles. The molecule has 1 heterocycles. The molecule has 3 rings (SSSR count). The number of carbonyl (C=O) groups excluding carboxylic acids is 1. The Kier molecular flexibility index (Phi) is 6.88. The Morgan fingerprint density at radius 2 is 1.83 bits per heavy atom. The SMILES string of the molecule is COc1ccc(-c2csc(NN=C(CC(=O)c3ccc(Br)cc3)C(F)(F)F)n2)cc1. The highest BCUT2D eigenvalue weighted by Gasteiger charge is 2.37. The number of benzene rings is 2. The van der Waals surface area contributed by atoms with Crippen LogP contribution in [0.3, 0.4) is 0 Å². The van der Waals surface area contributed by atoms with Crippen LogP contribution in [-0.2, 0) is 0 Å². The molecule has 10 heteroatoms. The van der Waals surface area contributed by atoms with E-state index in [1.165, 1.54) is 12.1 Å². The van der Waals surface area contributed by atoms with Crippen molar-refractivity contribution in [3.8, 4) is 17.0 Å². The average Bonchev–Trinajstić information content (AvgIpc) is 3.19. The van der Waals surface area contributed by atoms with Crippen molar-refractivity contribution in [1.82, 2.24) is 4.98 Å². The van der Waals surface area contributed by atoms with E-state index in [-0.39, 0.29) is 10.7 Å². The molecular weight excluding hydrogens is 483 g/mol. The molecule has 1 N–H and O–H groups in total. The van der Waals surface area contributed by atoms with Gasteiger partial charge in [0.1, 0.15) is 11.5 Å². The number of ketones is 1. The number of anilines is 1. The van der Waals surface area contributed by atoms with Crippen molar-refractivity contribution in [3.63, 3.8) is 0 Å². The minimum atomic E-state index is -4.76. The number of hydrogen-bond donors (Lipinski definition) is 1. The lowest BCUT2D eigenvalue weighted by molar-refractivity contribution is -0.0602. The lowest BCUT2D eigenvalue weighted by Gasteiger charge is -2.10.